The monoisotopic (exact) mass is 483 g/mol. The lowest BCUT2D eigenvalue weighted by atomic mass is 9.98. The predicted octanol–water partition coefficient (Wildman–Crippen LogP) is 3.15. The summed E-state index contributed by atoms with van der Waals surface area (Å²) >= 11 is 1.69. The van der Waals surface area contributed by atoms with E-state index in [1.807, 2.05) is 0 Å². The number of piperidine rings is 1. The fourth-order valence-electron chi connectivity index (χ4n) is 5.25. The largest absolute Gasteiger partial charge is 0.366 e. The first-order chi connectivity index (χ1) is 16.5. The summed E-state index contributed by atoms with van der Waals surface area (Å²) in [4.78, 5) is 36.3. The first-order valence-electron chi connectivity index (χ1n) is 12.5. The number of hydrogen-bond donors (Lipinski definition) is 1. The summed E-state index contributed by atoms with van der Waals surface area (Å²) in [6, 6.07) is 6.31. The lowest BCUT2D eigenvalue weighted by molar-refractivity contribution is -0.136. The van der Waals surface area contributed by atoms with Gasteiger partial charge in [-0.25, -0.2) is 0 Å². The average Bonchev–Trinajstić information content (AvgIpc) is 3.55. The third kappa shape index (κ3) is 6.43. The van der Waals surface area contributed by atoms with E-state index in [0.29, 0.717) is 24.7 Å². The van der Waals surface area contributed by atoms with Crippen LogP contribution in [0.2, 0.25) is 0 Å². The average molecular weight is 484 g/mol. The summed E-state index contributed by atoms with van der Waals surface area (Å²) < 4.78 is 0. The van der Waals surface area contributed by atoms with Crippen LogP contribution in [0.15, 0.2) is 35.2 Å². The highest BCUT2D eigenvalue weighted by Crippen LogP contribution is 2.23. The first-order valence-corrected chi connectivity index (χ1v) is 13.5. The zero-order chi connectivity index (χ0) is 23.9. The van der Waals surface area contributed by atoms with E-state index in [1.165, 1.54) is 18.4 Å². The van der Waals surface area contributed by atoms with Crippen molar-refractivity contribution in [1.29, 1.82) is 0 Å². The molecule has 184 valence electrons. The lowest BCUT2D eigenvalue weighted by Gasteiger charge is -2.41. The van der Waals surface area contributed by atoms with Gasteiger partial charge < -0.3 is 15.5 Å². The van der Waals surface area contributed by atoms with Crippen LogP contribution in [0.25, 0.3) is 0 Å². The Kier molecular flexibility index (Phi) is 8.69. The Labute approximate surface area is 206 Å². The summed E-state index contributed by atoms with van der Waals surface area (Å²) in [5.41, 5.74) is 8.05. The summed E-state index contributed by atoms with van der Waals surface area (Å²) in [5, 5.41) is 4.25. The van der Waals surface area contributed by atoms with Crippen LogP contribution in [0.4, 0.5) is 0 Å². The molecule has 0 aliphatic carbocycles. The molecule has 2 fully saturated rings. The molecular weight excluding hydrogens is 446 g/mol. The normalized spacial score (nSPS) is 18.7. The highest BCUT2D eigenvalue weighted by atomic mass is 32.1. The quantitative estimate of drug-likeness (QED) is 0.561. The van der Waals surface area contributed by atoms with Gasteiger partial charge in [0.15, 0.2) is 0 Å². The van der Waals surface area contributed by atoms with Crippen molar-refractivity contribution in [1.82, 2.24) is 19.7 Å². The van der Waals surface area contributed by atoms with E-state index >= 15 is 0 Å². The minimum Gasteiger partial charge on any atom is -0.366 e. The van der Waals surface area contributed by atoms with Crippen LogP contribution < -0.4 is 5.73 Å². The maximum Gasteiger partial charge on any atom is 0.250 e. The number of rotatable bonds is 10. The molecule has 2 saturated heterocycles. The number of pyridine rings is 1. The zero-order valence-electron chi connectivity index (χ0n) is 20.2. The van der Waals surface area contributed by atoms with Gasteiger partial charge in [0.25, 0.3) is 5.91 Å². The molecule has 2 aliphatic rings. The van der Waals surface area contributed by atoms with E-state index in [-0.39, 0.29) is 11.9 Å². The van der Waals surface area contributed by atoms with Crippen molar-refractivity contribution in [3.8, 4) is 0 Å². The number of nitrogens with two attached hydrogens (primary N) is 1. The summed E-state index contributed by atoms with van der Waals surface area (Å²) in [5.74, 6) is -0.144. The zero-order valence-corrected chi connectivity index (χ0v) is 21.0. The first kappa shape index (κ1) is 24.8. The molecule has 2 amide bonds. The summed E-state index contributed by atoms with van der Waals surface area (Å²) in [6.45, 7) is 7.55. The van der Waals surface area contributed by atoms with Crippen LogP contribution in [-0.4, -0.2) is 76.3 Å². The standard InChI is InChI=1S/C26H37N5O2S/c1-20(6-7-24-23(26(27)33)5-4-11-28-24)30-14-8-22(9-15-30)31(17-21-10-16-34-19-21)25(32)18-29-12-2-3-13-29/h4-5,10-11,16,19-20,22H,2-3,6-9,12-15,17-18H2,1H3,(H2,27,33)/t20-/m1/s1. The van der Waals surface area contributed by atoms with Gasteiger partial charge in [0.05, 0.1) is 17.8 Å². The Morgan fingerprint density at radius 2 is 1.97 bits per heavy atom. The molecule has 0 saturated carbocycles. The molecular formula is C26H37N5O2S. The number of carbonyl (C=O) groups is 2. The van der Waals surface area contributed by atoms with Crippen molar-refractivity contribution >= 4 is 23.2 Å². The fourth-order valence-corrected chi connectivity index (χ4v) is 5.91. The molecule has 0 bridgehead atoms. The third-order valence-electron chi connectivity index (χ3n) is 7.33. The molecule has 4 heterocycles. The Hall–Kier alpha value is -2.29. The van der Waals surface area contributed by atoms with Crippen LogP contribution in [0.5, 0.6) is 0 Å². The van der Waals surface area contributed by atoms with Gasteiger partial charge in [0.1, 0.15) is 0 Å². The smallest absolute Gasteiger partial charge is 0.250 e. The van der Waals surface area contributed by atoms with Crippen LogP contribution in [0.3, 0.4) is 0 Å². The Bertz CT molecular complexity index is 936. The lowest BCUT2D eigenvalue weighted by Crippen LogP contribution is -2.51. The van der Waals surface area contributed by atoms with Gasteiger partial charge in [0, 0.05) is 37.9 Å². The topological polar surface area (TPSA) is 82.8 Å². The van der Waals surface area contributed by atoms with Crippen LogP contribution >= 0.6 is 11.3 Å². The number of amides is 2. The maximum atomic E-state index is 13.3. The molecule has 2 N–H and O–H groups in total. The maximum absolute atomic E-state index is 13.3. The van der Waals surface area contributed by atoms with Crippen molar-refractivity contribution in [2.45, 2.75) is 64.1 Å². The Morgan fingerprint density at radius 3 is 2.65 bits per heavy atom. The molecule has 34 heavy (non-hydrogen) atoms. The SMILES string of the molecule is C[C@H](CCc1ncccc1C(N)=O)N1CCC(N(Cc2ccsc2)C(=O)CN2CCCC2)CC1. The number of nitrogens with zero attached hydrogens (tertiary/aromatic N) is 4. The van der Waals surface area contributed by atoms with Gasteiger partial charge in [-0.3, -0.25) is 19.5 Å². The molecule has 2 aliphatic heterocycles. The van der Waals surface area contributed by atoms with E-state index in [4.69, 9.17) is 5.73 Å². The summed E-state index contributed by atoms with van der Waals surface area (Å²) in [6.07, 6.45) is 7.78. The van der Waals surface area contributed by atoms with Gasteiger partial charge in [-0.1, -0.05) is 0 Å². The van der Waals surface area contributed by atoms with Crippen molar-refractivity contribution in [3.05, 3.63) is 52.0 Å². The molecule has 2 aromatic rings. The molecule has 2 aromatic heterocycles. The van der Waals surface area contributed by atoms with Gasteiger partial charge in [-0.2, -0.15) is 11.3 Å². The van der Waals surface area contributed by atoms with Crippen LogP contribution in [0.1, 0.15) is 60.6 Å². The molecule has 0 unspecified atom stereocenters. The highest BCUT2D eigenvalue weighted by molar-refractivity contribution is 7.07. The molecule has 7 nitrogen and oxygen atoms in total. The Balaban J connectivity index is 1.32. The highest BCUT2D eigenvalue weighted by Gasteiger charge is 2.31. The van der Waals surface area contributed by atoms with Crippen molar-refractivity contribution in [3.63, 3.8) is 0 Å². The molecule has 0 spiro atoms. The van der Waals surface area contributed by atoms with Gasteiger partial charge in [0.2, 0.25) is 5.91 Å². The van der Waals surface area contributed by atoms with Crippen molar-refractivity contribution in [2.24, 2.45) is 5.73 Å². The minimum absolute atomic E-state index is 0.272. The fraction of sp³-hybridized carbons (Fsp3) is 0.577. The summed E-state index contributed by atoms with van der Waals surface area (Å²) in [7, 11) is 0. The van der Waals surface area contributed by atoms with Crippen molar-refractivity contribution in [2.75, 3.05) is 32.7 Å². The molecule has 0 aromatic carbocycles. The molecule has 1 atom stereocenters. The van der Waals surface area contributed by atoms with E-state index < -0.39 is 5.91 Å². The minimum atomic E-state index is -0.416. The molecule has 8 heteroatoms. The predicted molar refractivity (Wildman–Crippen MR) is 136 cm³/mol. The van der Waals surface area contributed by atoms with E-state index in [9.17, 15) is 9.59 Å². The number of aryl methyl sites for hydroxylation is 1. The van der Waals surface area contributed by atoms with E-state index in [0.717, 1.165) is 57.6 Å². The number of carbonyl (C=O) groups excluding carboxylic acids is 2. The second-order valence-electron chi connectivity index (χ2n) is 9.65. The second-order valence-corrected chi connectivity index (χ2v) is 10.4. The van der Waals surface area contributed by atoms with Gasteiger partial charge in [-0.15, -0.1) is 0 Å². The van der Waals surface area contributed by atoms with E-state index in [1.54, 1.807) is 29.7 Å². The number of likely N-dealkylation sites (tertiary alicyclic amines) is 2. The van der Waals surface area contributed by atoms with Crippen LogP contribution in [0, 0.1) is 0 Å². The third-order valence-corrected chi connectivity index (χ3v) is 8.06. The van der Waals surface area contributed by atoms with Crippen LogP contribution in [-0.2, 0) is 17.8 Å². The number of aromatic nitrogens is 1. The van der Waals surface area contributed by atoms with E-state index in [2.05, 4.69) is 43.4 Å². The number of hydrogen-bond acceptors (Lipinski definition) is 6. The van der Waals surface area contributed by atoms with Gasteiger partial charge in [-0.05, 0) is 93.1 Å². The molecule has 4 rings (SSSR count). The second kappa shape index (κ2) is 11.9. The number of thiophene rings is 1. The number of primary amides is 1. The molecule has 0 radical (unpaired) electrons. The Morgan fingerprint density at radius 1 is 1.21 bits per heavy atom. The van der Waals surface area contributed by atoms with Gasteiger partial charge >= 0.3 is 0 Å². The van der Waals surface area contributed by atoms with Crippen molar-refractivity contribution < 1.29 is 9.59 Å².